The summed E-state index contributed by atoms with van der Waals surface area (Å²) in [6.45, 7) is 25.6. The Morgan fingerprint density at radius 1 is 0.782 bits per heavy atom. The van der Waals surface area contributed by atoms with E-state index in [1.165, 1.54) is 38.4 Å². The van der Waals surface area contributed by atoms with Crippen molar-refractivity contribution in [1.82, 2.24) is 10.6 Å². The molecule has 0 unspecified atom stereocenters. The number of allylic oxidation sites excluding steroid dienone is 1. The number of hydrogen-bond acceptors (Lipinski definition) is 6. The summed E-state index contributed by atoms with van der Waals surface area (Å²) in [4.78, 5) is 51.2. The molecule has 312 valence electrons. The Bertz CT molecular complexity index is 1440. The van der Waals surface area contributed by atoms with Crippen LogP contribution in [0.3, 0.4) is 0 Å². The van der Waals surface area contributed by atoms with Crippen LogP contribution in [0.1, 0.15) is 171 Å². The molecule has 0 aliphatic heterocycles. The molecule has 11 atom stereocenters. The van der Waals surface area contributed by atoms with Crippen molar-refractivity contribution in [3.8, 4) is 0 Å². The molecule has 0 aromatic heterocycles. The Morgan fingerprint density at radius 2 is 1.47 bits per heavy atom. The van der Waals surface area contributed by atoms with Gasteiger partial charge in [-0.25, -0.2) is 4.79 Å². The molecule has 0 radical (unpaired) electrons. The molecule has 5 aliphatic carbocycles. The second kappa shape index (κ2) is 16.8. The molecule has 55 heavy (non-hydrogen) atoms. The molecule has 0 aromatic rings. The second-order valence-electron chi connectivity index (χ2n) is 20.8. The van der Waals surface area contributed by atoms with Gasteiger partial charge in [-0.3, -0.25) is 14.4 Å². The van der Waals surface area contributed by atoms with E-state index in [1.54, 1.807) is 6.92 Å². The maximum Gasteiger partial charge on any atom is 0.328 e. The van der Waals surface area contributed by atoms with E-state index < -0.39 is 6.04 Å². The first-order valence-corrected chi connectivity index (χ1v) is 22.3. The zero-order valence-corrected chi connectivity index (χ0v) is 36.5. The molecular weight excluding hydrogens is 689 g/mol. The van der Waals surface area contributed by atoms with E-state index in [0.717, 1.165) is 70.6 Å². The Labute approximate surface area is 334 Å². The van der Waals surface area contributed by atoms with Crippen LogP contribution in [0.5, 0.6) is 0 Å². The van der Waals surface area contributed by atoms with Gasteiger partial charge in [0, 0.05) is 25.3 Å². The number of methoxy groups -OCH3 is 1. The maximum absolute atomic E-state index is 14.5. The molecule has 0 bridgehead atoms. The minimum absolute atomic E-state index is 0.00989. The predicted octanol–water partition coefficient (Wildman–Crippen LogP) is 9.74. The molecule has 2 amide bonds. The molecule has 5 saturated carbocycles. The minimum atomic E-state index is -0.584. The van der Waals surface area contributed by atoms with Gasteiger partial charge < -0.3 is 20.1 Å². The van der Waals surface area contributed by atoms with Crippen LogP contribution in [0.15, 0.2) is 12.2 Å². The van der Waals surface area contributed by atoms with Crippen LogP contribution in [-0.4, -0.2) is 49.6 Å². The molecule has 5 rings (SSSR count). The lowest BCUT2D eigenvalue weighted by atomic mass is 9.32. The Kier molecular flexibility index (Phi) is 13.4. The molecule has 8 nitrogen and oxygen atoms in total. The van der Waals surface area contributed by atoms with Crippen molar-refractivity contribution in [3.63, 3.8) is 0 Å². The number of hydrogen-bond donors (Lipinski definition) is 2. The van der Waals surface area contributed by atoms with E-state index in [4.69, 9.17) is 9.47 Å². The van der Waals surface area contributed by atoms with Crippen molar-refractivity contribution >= 4 is 23.8 Å². The van der Waals surface area contributed by atoms with Crippen molar-refractivity contribution in [2.24, 2.45) is 62.6 Å². The normalized spacial score (nSPS) is 38.0. The number of ether oxygens (including phenoxy) is 2. The second-order valence-corrected chi connectivity index (χ2v) is 20.8. The highest BCUT2D eigenvalue weighted by molar-refractivity contribution is 5.84. The number of nitrogens with one attached hydrogen (secondary N) is 2. The quantitative estimate of drug-likeness (QED) is 0.0976. The first-order chi connectivity index (χ1) is 25.8. The molecular formula is C47H78N2O6. The Morgan fingerprint density at radius 3 is 2.13 bits per heavy atom. The number of unbranched alkanes of at least 4 members (excludes halogenated alkanes) is 4. The third-order valence-corrected chi connectivity index (χ3v) is 17.2. The van der Waals surface area contributed by atoms with Crippen molar-refractivity contribution in [3.05, 3.63) is 12.2 Å². The molecule has 0 heterocycles. The third-order valence-electron chi connectivity index (χ3n) is 17.2. The van der Waals surface area contributed by atoms with Crippen LogP contribution < -0.4 is 10.6 Å². The molecule has 5 aliphatic rings. The van der Waals surface area contributed by atoms with Crippen LogP contribution in [0.2, 0.25) is 0 Å². The summed E-state index contributed by atoms with van der Waals surface area (Å²) in [5, 5.41) is 6.33. The lowest BCUT2D eigenvalue weighted by Gasteiger charge is -2.72. The molecule has 0 saturated heterocycles. The Hall–Kier alpha value is -2.38. The predicted molar refractivity (Wildman–Crippen MR) is 219 cm³/mol. The van der Waals surface area contributed by atoms with Gasteiger partial charge in [0.05, 0.1) is 12.5 Å². The summed E-state index contributed by atoms with van der Waals surface area (Å²) in [5.41, 5.74) is 1.48. The van der Waals surface area contributed by atoms with Gasteiger partial charge in [0.1, 0.15) is 12.1 Å². The van der Waals surface area contributed by atoms with Crippen LogP contribution in [0.4, 0.5) is 0 Å². The van der Waals surface area contributed by atoms with Crippen molar-refractivity contribution in [1.29, 1.82) is 0 Å². The highest BCUT2D eigenvalue weighted by atomic mass is 16.5. The van der Waals surface area contributed by atoms with Crippen LogP contribution >= 0.6 is 0 Å². The summed E-state index contributed by atoms with van der Waals surface area (Å²) in [5.74, 6) is 2.33. The smallest absolute Gasteiger partial charge is 0.328 e. The summed E-state index contributed by atoms with van der Waals surface area (Å²) < 4.78 is 10.8. The molecule has 0 aromatic carbocycles. The number of esters is 2. The summed E-state index contributed by atoms with van der Waals surface area (Å²) >= 11 is 0. The molecule has 2 N–H and O–H groups in total. The van der Waals surface area contributed by atoms with E-state index in [9.17, 15) is 19.2 Å². The van der Waals surface area contributed by atoms with Gasteiger partial charge >= 0.3 is 11.9 Å². The number of fused-ring (bicyclic) bond motifs is 7. The summed E-state index contributed by atoms with van der Waals surface area (Å²) in [6.07, 6.45) is 16.7. The standard InChI is InChI=1S/C47H78N2O6/c1-30(2)29-35(41(52)54-11)49-39(51)17-15-13-12-14-16-28-48-42(53)47-25-20-33(31(3)4)40(47)34-18-19-37-44(8)23-22-38(55-32(5)50)43(6,7)36(44)21-24-46(37,10)45(34,9)26-27-47/h30,33-38,40H,3,12-29H2,1-2,4-11H3,(H,48,53)(H,49,51)/t33-,34+,35-,36-,37+,38-,40+,44-,45+,46+,47-/m0/s1. The topological polar surface area (TPSA) is 111 Å². The Balaban J connectivity index is 1.18. The fourth-order valence-corrected chi connectivity index (χ4v) is 14.3. The molecule has 0 spiro atoms. The summed E-state index contributed by atoms with van der Waals surface area (Å²) in [6, 6.07) is -0.584. The first-order valence-electron chi connectivity index (χ1n) is 22.3. The number of amides is 2. The zero-order chi connectivity index (χ0) is 40.6. The number of carbonyl (C=O) groups is 4. The molecule has 5 fully saturated rings. The van der Waals surface area contributed by atoms with Gasteiger partial charge in [-0.15, -0.1) is 0 Å². The van der Waals surface area contributed by atoms with Gasteiger partial charge in [0.2, 0.25) is 11.8 Å². The maximum atomic E-state index is 14.5. The average molecular weight is 767 g/mol. The fourth-order valence-electron chi connectivity index (χ4n) is 14.3. The molecule has 8 heteroatoms. The van der Waals surface area contributed by atoms with E-state index in [0.29, 0.717) is 49.0 Å². The van der Waals surface area contributed by atoms with Crippen LogP contribution in [0, 0.1) is 62.6 Å². The van der Waals surface area contributed by atoms with Crippen molar-refractivity contribution in [2.75, 3.05) is 13.7 Å². The third kappa shape index (κ3) is 8.05. The van der Waals surface area contributed by atoms with Crippen LogP contribution in [-0.2, 0) is 28.7 Å². The van der Waals surface area contributed by atoms with Crippen molar-refractivity contribution < 1.29 is 28.7 Å². The van der Waals surface area contributed by atoms with Crippen LogP contribution in [0.25, 0.3) is 0 Å². The fraction of sp³-hybridized carbons (Fsp3) is 0.872. The zero-order valence-electron chi connectivity index (χ0n) is 36.5. The lowest BCUT2D eigenvalue weighted by Crippen LogP contribution is -2.67. The van der Waals surface area contributed by atoms with E-state index in [-0.39, 0.29) is 62.8 Å². The summed E-state index contributed by atoms with van der Waals surface area (Å²) in [7, 11) is 1.36. The van der Waals surface area contributed by atoms with Crippen molar-refractivity contribution in [2.45, 2.75) is 184 Å². The van der Waals surface area contributed by atoms with Gasteiger partial charge in [-0.2, -0.15) is 0 Å². The monoisotopic (exact) mass is 767 g/mol. The van der Waals surface area contributed by atoms with Gasteiger partial charge in [-0.1, -0.05) is 79.9 Å². The SMILES string of the molecule is C=C(C)[C@@H]1CC[C@]2(C(=O)NCCCCCCCC(=O)N[C@@H](CC(C)C)C(=O)OC)CC[C@]3(C)[C@H](CC[C@@H]4[C@@]5(C)CC[C@H](OC(C)=O)C(C)(C)[C@@H]5CC[C@]43C)[C@@H]12. The minimum Gasteiger partial charge on any atom is -0.467 e. The number of carbonyl (C=O) groups excluding carboxylic acids is 4. The first kappa shape index (κ1) is 43.7. The van der Waals surface area contributed by atoms with E-state index in [2.05, 4.69) is 58.8 Å². The van der Waals surface area contributed by atoms with Gasteiger partial charge in [0.25, 0.3) is 0 Å². The average Bonchev–Trinajstić information content (AvgIpc) is 3.51. The lowest BCUT2D eigenvalue weighted by molar-refractivity contribution is -0.248. The number of rotatable bonds is 15. The van der Waals surface area contributed by atoms with E-state index >= 15 is 0 Å². The van der Waals surface area contributed by atoms with Gasteiger partial charge in [0.15, 0.2) is 0 Å². The van der Waals surface area contributed by atoms with Gasteiger partial charge in [-0.05, 0) is 142 Å². The largest absolute Gasteiger partial charge is 0.467 e. The highest BCUT2D eigenvalue weighted by Crippen LogP contribution is 2.77. The highest BCUT2D eigenvalue weighted by Gasteiger charge is 2.72. The van der Waals surface area contributed by atoms with E-state index in [1.807, 2.05) is 13.8 Å².